The summed E-state index contributed by atoms with van der Waals surface area (Å²) in [6.45, 7) is 0.664. The highest BCUT2D eigenvalue weighted by Gasteiger charge is 2.05. The normalized spacial score (nSPS) is 10.9. The Morgan fingerprint density at radius 1 is 1.22 bits per heavy atom. The Morgan fingerprint density at radius 3 is 2.78 bits per heavy atom. The third kappa shape index (κ3) is 1.91. The molecule has 0 atom stereocenters. The van der Waals surface area contributed by atoms with Gasteiger partial charge in [-0.3, -0.25) is 4.79 Å². The van der Waals surface area contributed by atoms with Gasteiger partial charge in [-0.15, -0.1) is 0 Å². The van der Waals surface area contributed by atoms with Crippen LogP contribution < -0.4 is 5.56 Å². The van der Waals surface area contributed by atoms with Crippen molar-refractivity contribution in [2.75, 3.05) is 0 Å². The van der Waals surface area contributed by atoms with Crippen LogP contribution in [0.15, 0.2) is 47.7 Å². The SMILES string of the molecule is O=c1[nH]cnc2c1ccn2Cc1ccc(Cl)cc1. The summed E-state index contributed by atoms with van der Waals surface area (Å²) in [7, 11) is 0. The second-order valence-corrected chi connectivity index (χ2v) is 4.48. The summed E-state index contributed by atoms with van der Waals surface area (Å²) in [5.41, 5.74) is 1.68. The number of aromatic amines is 1. The van der Waals surface area contributed by atoms with Gasteiger partial charge in [0.15, 0.2) is 0 Å². The van der Waals surface area contributed by atoms with Crippen LogP contribution in [0, 0.1) is 0 Å². The van der Waals surface area contributed by atoms with E-state index in [1.165, 1.54) is 6.33 Å². The molecule has 0 amide bonds. The molecule has 0 fully saturated rings. The summed E-state index contributed by atoms with van der Waals surface area (Å²) in [4.78, 5) is 18.3. The number of H-pyrrole nitrogens is 1. The molecule has 3 rings (SSSR count). The highest BCUT2D eigenvalue weighted by Crippen LogP contribution is 2.13. The van der Waals surface area contributed by atoms with Crippen molar-refractivity contribution in [1.82, 2.24) is 14.5 Å². The molecule has 0 spiro atoms. The zero-order valence-electron chi connectivity index (χ0n) is 9.43. The van der Waals surface area contributed by atoms with Gasteiger partial charge in [0.2, 0.25) is 0 Å². The van der Waals surface area contributed by atoms with Gasteiger partial charge in [0.1, 0.15) is 5.65 Å². The van der Waals surface area contributed by atoms with Gasteiger partial charge in [0.25, 0.3) is 5.56 Å². The molecule has 18 heavy (non-hydrogen) atoms. The third-order valence-electron chi connectivity index (χ3n) is 2.83. The van der Waals surface area contributed by atoms with E-state index in [-0.39, 0.29) is 5.56 Å². The van der Waals surface area contributed by atoms with Gasteiger partial charge < -0.3 is 9.55 Å². The van der Waals surface area contributed by atoms with Crippen molar-refractivity contribution < 1.29 is 0 Å². The van der Waals surface area contributed by atoms with Gasteiger partial charge in [0, 0.05) is 17.8 Å². The predicted molar refractivity (Wildman–Crippen MR) is 70.9 cm³/mol. The van der Waals surface area contributed by atoms with E-state index in [1.54, 1.807) is 6.07 Å². The van der Waals surface area contributed by atoms with Crippen molar-refractivity contribution in [2.45, 2.75) is 6.54 Å². The van der Waals surface area contributed by atoms with Crippen molar-refractivity contribution in [3.05, 3.63) is 63.8 Å². The Morgan fingerprint density at radius 2 is 2.00 bits per heavy atom. The first-order valence-corrected chi connectivity index (χ1v) is 5.89. The van der Waals surface area contributed by atoms with Crippen molar-refractivity contribution in [1.29, 1.82) is 0 Å². The number of hydrogen-bond acceptors (Lipinski definition) is 2. The number of nitrogens with zero attached hydrogens (tertiary/aromatic N) is 2. The van der Waals surface area contributed by atoms with Crippen molar-refractivity contribution >= 4 is 22.6 Å². The van der Waals surface area contributed by atoms with Crippen LogP contribution in [0.2, 0.25) is 5.02 Å². The van der Waals surface area contributed by atoms with Crippen LogP contribution in [0.3, 0.4) is 0 Å². The number of halogens is 1. The first kappa shape index (κ1) is 11.0. The van der Waals surface area contributed by atoms with E-state index in [0.29, 0.717) is 22.6 Å². The molecule has 0 bridgehead atoms. The van der Waals surface area contributed by atoms with Gasteiger partial charge in [-0.25, -0.2) is 4.98 Å². The molecular weight excluding hydrogens is 250 g/mol. The van der Waals surface area contributed by atoms with E-state index in [0.717, 1.165) is 5.56 Å². The topological polar surface area (TPSA) is 50.7 Å². The molecule has 0 aliphatic carbocycles. The van der Waals surface area contributed by atoms with Crippen molar-refractivity contribution in [2.24, 2.45) is 0 Å². The maximum Gasteiger partial charge on any atom is 0.260 e. The molecule has 0 saturated carbocycles. The highest BCUT2D eigenvalue weighted by atomic mass is 35.5. The number of nitrogens with one attached hydrogen (secondary N) is 1. The lowest BCUT2D eigenvalue weighted by Gasteiger charge is -2.04. The minimum atomic E-state index is -0.116. The first-order valence-electron chi connectivity index (χ1n) is 5.51. The van der Waals surface area contributed by atoms with E-state index in [9.17, 15) is 4.79 Å². The molecule has 0 unspecified atom stereocenters. The Bertz CT molecular complexity index is 743. The number of benzene rings is 1. The monoisotopic (exact) mass is 259 g/mol. The lowest BCUT2D eigenvalue weighted by Crippen LogP contribution is -2.07. The van der Waals surface area contributed by atoms with Gasteiger partial charge in [-0.2, -0.15) is 0 Å². The number of aromatic nitrogens is 3. The Kier molecular flexibility index (Phi) is 2.64. The second kappa shape index (κ2) is 4.31. The zero-order valence-corrected chi connectivity index (χ0v) is 10.2. The second-order valence-electron chi connectivity index (χ2n) is 4.04. The minimum absolute atomic E-state index is 0.116. The lowest BCUT2D eigenvalue weighted by molar-refractivity contribution is 0.823. The summed E-state index contributed by atoms with van der Waals surface area (Å²) in [6.07, 6.45) is 3.28. The van der Waals surface area contributed by atoms with E-state index in [4.69, 9.17) is 11.6 Å². The number of rotatable bonds is 2. The highest BCUT2D eigenvalue weighted by molar-refractivity contribution is 6.30. The first-order chi connectivity index (χ1) is 8.74. The zero-order chi connectivity index (χ0) is 12.5. The molecule has 0 radical (unpaired) electrons. The van der Waals surface area contributed by atoms with Crippen LogP contribution >= 0.6 is 11.6 Å². The summed E-state index contributed by atoms with van der Waals surface area (Å²) < 4.78 is 1.94. The molecular formula is C13H10ClN3O. The number of fused-ring (bicyclic) bond motifs is 1. The molecule has 4 nitrogen and oxygen atoms in total. The van der Waals surface area contributed by atoms with E-state index in [2.05, 4.69) is 9.97 Å². The summed E-state index contributed by atoms with van der Waals surface area (Å²) in [5.74, 6) is 0. The quantitative estimate of drug-likeness (QED) is 0.768. The Labute approximate surface area is 108 Å². The van der Waals surface area contributed by atoms with Gasteiger partial charge in [-0.05, 0) is 23.8 Å². The molecule has 2 aromatic heterocycles. The van der Waals surface area contributed by atoms with Crippen LogP contribution in [0.1, 0.15) is 5.56 Å². The van der Waals surface area contributed by atoms with E-state index < -0.39 is 0 Å². The smallest absolute Gasteiger partial charge is 0.260 e. The minimum Gasteiger partial charge on any atom is -0.328 e. The fraction of sp³-hybridized carbons (Fsp3) is 0.0769. The van der Waals surface area contributed by atoms with Crippen molar-refractivity contribution in [3.63, 3.8) is 0 Å². The molecule has 0 aliphatic rings. The van der Waals surface area contributed by atoms with Crippen LogP contribution in [-0.4, -0.2) is 14.5 Å². The Hall–Kier alpha value is -2.07. The molecule has 1 aromatic carbocycles. The molecule has 3 aromatic rings. The Balaban J connectivity index is 2.03. The van der Waals surface area contributed by atoms with Crippen LogP contribution in [0.25, 0.3) is 11.0 Å². The summed E-state index contributed by atoms with van der Waals surface area (Å²) in [5, 5.41) is 1.32. The number of hydrogen-bond donors (Lipinski definition) is 1. The molecule has 90 valence electrons. The van der Waals surface area contributed by atoms with Crippen molar-refractivity contribution in [3.8, 4) is 0 Å². The third-order valence-corrected chi connectivity index (χ3v) is 3.08. The molecule has 0 aliphatic heterocycles. The lowest BCUT2D eigenvalue weighted by atomic mass is 10.2. The van der Waals surface area contributed by atoms with Crippen LogP contribution in [0.4, 0.5) is 0 Å². The fourth-order valence-electron chi connectivity index (χ4n) is 1.93. The largest absolute Gasteiger partial charge is 0.328 e. The predicted octanol–water partition coefficient (Wildman–Crippen LogP) is 2.43. The average Bonchev–Trinajstić information content (AvgIpc) is 2.77. The maximum atomic E-state index is 11.6. The summed E-state index contributed by atoms with van der Waals surface area (Å²) >= 11 is 5.84. The van der Waals surface area contributed by atoms with Crippen LogP contribution in [0.5, 0.6) is 0 Å². The van der Waals surface area contributed by atoms with Gasteiger partial charge in [0.05, 0.1) is 11.7 Å². The van der Waals surface area contributed by atoms with E-state index >= 15 is 0 Å². The molecule has 0 saturated heterocycles. The van der Waals surface area contributed by atoms with Gasteiger partial charge in [-0.1, -0.05) is 23.7 Å². The maximum absolute atomic E-state index is 11.6. The van der Waals surface area contributed by atoms with Gasteiger partial charge >= 0.3 is 0 Å². The molecule has 1 N–H and O–H groups in total. The van der Waals surface area contributed by atoms with Crippen LogP contribution in [-0.2, 0) is 6.54 Å². The standard InChI is InChI=1S/C13H10ClN3O/c14-10-3-1-9(2-4-10)7-17-6-5-11-12(17)15-8-16-13(11)18/h1-6,8H,7H2,(H,15,16,18). The average molecular weight is 260 g/mol. The summed E-state index contributed by atoms with van der Waals surface area (Å²) in [6, 6.07) is 9.39. The molecule has 5 heteroatoms. The molecule has 2 heterocycles. The fourth-order valence-corrected chi connectivity index (χ4v) is 2.06. The van der Waals surface area contributed by atoms with E-state index in [1.807, 2.05) is 35.0 Å².